The average Bonchev–Trinajstić information content (AvgIpc) is 2.79. The van der Waals surface area contributed by atoms with E-state index in [1.54, 1.807) is 0 Å². The van der Waals surface area contributed by atoms with Crippen LogP contribution in [0.3, 0.4) is 0 Å². The summed E-state index contributed by atoms with van der Waals surface area (Å²) in [6.45, 7) is 6.77. The van der Waals surface area contributed by atoms with Crippen molar-refractivity contribution in [1.29, 1.82) is 0 Å². The van der Waals surface area contributed by atoms with E-state index < -0.39 is 0 Å². The third-order valence-corrected chi connectivity index (χ3v) is 8.97. The average molecular weight is 430 g/mol. The molecule has 4 aliphatic carbocycles. The van der Waals surface area contributed by atoms with Crippen LogP contribution in [0.1, 0.15) is 55.2 Å². The first-order valence-corrected chi connectivity index (χ1v) is 12.5. The first kappa shape index (κ1) is 20.4. The molecule has 168 valence electrons. The lowest BCUT2D eigenvalue weighted by Crippen LogP contribution is -2.61. The van der Waals surface area contributed by atoms with Gasteiger partial charge in [-0.05, 0) is 79.9 Å². The Labute approximate surface area is 192 Å². The number of aryl methyl sites for hydroxylation is 1. The van der Waals surface area contributed by atoms with Crippen molar-refractivity contribution in [1.82, 2.24) is 14.8 Å². The van der Waals surface area contributed by atoms with E-state index in [0.29, 0.717) is 5.91 Å². The van der Waals surface area contributed by atoms with Crippen LogP contribution in [0.4, 0.5) is 0 Å². The third kappa shape index (κ3) is 3.48. The fraction of sp³-hybridized carbons (Fsp3) is 0.571. The zero-order chi connectivity index (χ0) is 21.8. The minimum Gasteiger partial charge on any atom is -0.340 e. The second kappa shape index (κ2) is 7.69. The standard InChI is InChI=1S/C28H35N3O/c1-21-4-6-25(7-5-21)27-14-23-13-24(15-27)17-28(16-23,20-27)26(32)31-11-9-30(10-12-31)19-22-3-2-8-29-18-22/h2-8,18,23-24H,9-17,19-20H2,1H3. The maximum atomic E-state index is 14.0. The summed E-state index contributed by atoms with van der Waals surface area (Å²) in [4.78, 5) is 23.0. The molecule has 4 saturated carbocycles. The number of amides is 1. The van der Waals surface area contributed by atoms with Crippen LogP contribution in [0.25, 0.3) is 0 Å². The number of hydrogen-bond acceptors (Lipinski definition) is 3. The summed E-state index contributed by atoms with van der Waals surface area (Å²) < 4.78 is 0. The van der Waals surface area contributed by atoms with Crippen molar-refractivity contribution < 1.29 is 4.79 Å². The van der Waals surface area contributed by atoms with Crippen LogP contribution in [-0.4, -0.2) is 46.9 Å². The SMILES string of the molecule is Cc1ccc(C23CC4CC(CC(C(=O)N5CCN(Cc6cccnc6)CC5)(C4)C2)C3)cc1. The van der Waals surface area contributed by atoms with Gasteiger partial charge in [0.1, 0.15) is 0 Å². The Morgan fingerprint density at radius 3 is 2.38 bits per heavy atom. The molecule has 2 aromatic rings. The van der Waals surface area contributed by atoms with Gasteiger partial charge in [0, 0.05) is 45.1 Å². The van der Waals surface area contributed by atoms with Crippen LogP contribution in [0, 0.1) is 24.2 Å². The van der Waals surface area contributed by atoms with Gasteiger partial charge in [-0.3, -0.25) is 14.7 Å². The summed E-state index contributed by atoms with van der Waals surface area (Å²) in [5.74, 6) is 1.94. The molecular formula is C28H35N3O. The van der Waals surface area contributed by atoms with Crippen molar-refractivity contribution in [2.45, 2.75) is 57.4 Å². The van der Waals surface area contributed by atoms with Gasteiger partial charge in [-0.1, -0.05) is 35.9 Å². The third-order valence-electron chi connectivity index (χ3n) is 8.97. The van der Waals surface area contributed by atoms with E-state index in [1.807, 2.05) is 18.5 Å². The fourth-order valence-electron chi connectivity index (χ4n) is 7.95. The van der Waals surface area contributed by atoms with Gasteiger partial charge in [0.05, 0.1) is 5.41 Å². The Morgan fingerprint density at radius 2 is 1.72 bits per heavy atom. The maximum absolute atomic E-state index is 14.0. The topological polar surface area (TPSA) is 36.4 Å². The number of piperazine rings is 1. The molecule has 0 radical (unpaired) electrons. The van der Waals surface area contributed by atoms with Crippen molar-refractivity contribution in [3.63, 3.8) is 0 Å². The lowest BCUT2D eigenvalue weighted by molar-refractivity contribution is -0.162. The van der Waals surface area contributed by atoms with Crippen LogP contribution in [0.2, 0.25) is 0 Å². The number of pyridine rings is 1. The molecule has 1 aliphatic heterocycles. The lowest BCUT2D eigenvalue weighted by atomic mass is 9.42. The van der Waals surface area contributed by atoms with E-state index in [-0.39, 0.29) is 10.8 Å². The molecule has 2 heterocycles. The number of carbonyl (C=O) groups is 1. The molecular weight excluding hydrogens is 394 g/mol. The molecule has 1 amide bonds. The zero-order valence-electron chi connectivity index (χ0n) is 19.3. The van der Waals surface area contributed by atoms with Crippen LogP contribution in [0.5, 0.6) is 0 Å². The predicted octanol–water partition coefficient (Wildman–Crippen LogP) is 4.57. The second-order valence-corrected chi connectivity index (χ2v) is 11.3. The quantitative estimate of drug-likeness (QED) is 0.714. The summed E-state index contributed by atoms with van der Waals surface area (Å²) in [7, 11) is 0. The smallest absolute Gasteiger partial charge is 0.228 e. The van der Waals surface area contributed by atoms with Crippen molar-refractivity contribution in [3.05, 3.63) is 65.5 Å². The summed E-state index contributed by atoms with van der Waals surface area (Å²) in [6, 6.07) is 13.4. The van der Waals surface area contributed by atoms with Gasteiger partial charge in [0.2, 0.25) is 5.91 Å². The van der Waals surface area contributed by atoms with Gasteiger partial charge in [-0.2, -0.15) is 0 Å². The van der Waals surface area contributed by atoms with Crippen molar-refractivity contribution in [2.75, 3.05) is 26.2 Å². The van der Waals surface area contributed by atoms with Crippen molar-refractivity contribution in [3.8, 4) is 0 Å². The van der Waals surface area contributed by atoms with Crippen LogP contribution in [-0.2, 0) is 16.8 Å². The van der Waals surface area contributed by atoms with E-state index in [0.717, 1.165) is 63.8 Å². The minimum atomic E-state index is -0.111. The number of nitrogens with zero attached hydrogens (tertiary/aromatic N) is 3. The van der Waals surface area contributed by atoms with Gasteiger partial charge in [-0.15, -0.1) is 0 Å². The van der Waals surface area contributed by atoms with E-state index >= 15 is 0 Å². The first-order valence-electron chi connectivity index (χ1n) is 12.5. The monoisotopic (exact) mass is 429 g/mol. The van der Waals surface area contributed by atoms with Gasteiger partial charge >= 0.3 is 0 Å². The highest BCUT2D eigenvalue weighted by Gasteiger charge is 2.61. The summed E-state index contributed by atoms with van der Waals surface area (Å²) in [6.07, 6.45) is 11.1. The van der Waals surface area contributed by atoms with E-state index in [1.165, 1.54) is 36.0 Å². The Kier molecular flexibility index (Phi) is 4.90. The summed E-state index contributed by atoms with van der Waals surface area (Å²) in [5, 5.41) is 0. The van der Waals surface area contributed by atoms with Crippen LogP contribution in [0.15, 0.2) is 48.8 Å². The van der Waals surface area contributed by atoms with Crippen molar-refractivity contribution in [2.24, 2.45) is 17.3 Å². The molecule has 0 spiro atoms. The van der Waals surface area contributed by atoms with Gasteiger partial charge in [0.15, 0.2) is 0 Å². The summed E-state index contributed by atoms with van der Waals surface area (Å²) in [5.41, 5.74) is 4.20. The highest BCUT2D eigenvalue weighted by molar-refractivity contribution is 5.84. The molecule has 4 bridgehead atoms. The molecule has 4 nitrogen and oxygen atoms in total. The second-order valence-electron chi connectivity index (χ2n) is 11.3. The Balaban J connectivity index is 1.18. The molecule has 1 saturated heterocycles. The van der Waals surface area contributed by atoms with Crippen LogP contribution >= 0.6 is 0 Å². The molecule has 7 rings (SSSR count). The highest BCUT2D eigenvalue weighted by atomic mass is 16.2. The fourth-order valence-corrected chi connectivity index (χ4v) is 7.95. The van der Waals surface area contributed by atoms with Gasteiger partial charge in [0.25, 0.3) is 0 Å². The molecule has 5 aliphatic rings. The molecule has 32 heavy (non-hydrogen) atoms. The molecule has 2 atom stereocenters. The number of hydrogen-bond donors (Lipinski definition) is 0. The van der Waals surface area contributed by atoms with E-state index in [9.17, 15) is 4.79 Å². The predicted molar refractivity (Wildman–Crippen MR) is 126 cm³/mol. The zero-order valence-corrected chi connectivity index (χ0v) is 19.3. The number of aromatic nitrogens is 1. The minimum absolute atomic E-state index is 0.111. The summed E-state index contributed by atoms with van der Waals surface area (Å²) >= 11 is 0. The largest absolute Gasteiger partial charge is 0.340 e. The molecule has 0 N–H and O–H groups in total. The van der Waals surface area contributed by atoms with E-state index in [2.05, 4.69) is 52.0 Å². The Bertz CT molecular complexity index is 963. The van der Waals surface area contributed by atoms with Crippen molar-refractivity contribution >= 4 is 5.91 Å². The van der Waals surface area contributed by atoms with Gasteiger partial charge < -0.3 is 4.90 Å². The van der Waals surface area contributed by atoms with Gasteiger partial charge in [-0.25, -0.2) is 0 Å². The number of carbonyl (C=O) groups excluding carboxylic acids is 1. The Morgan fingerprint density at radius 1 is 1.00 bits per heavy atom. The molecule has 1 aromatic carbocycles. The highest BCUT2D eigenvalue weighted by Crippen LogP contribution is 2.66. The molecule has 1 aromatic heterocycles. The van der Waals surface area contributed by atoms with E-state index in [4.69, 9.17) is 0 Å². The molecule has 5 fully saturated rings. The Hall–Kier alpha value is -2.20. The molecule has 2 unspecified atom stereocenters. The maximum Gasteiger partial charge on any atom is 0.228 e. The normalized spacial score (nSPS) is 34.1. The number of benzene rings is 1. The van der Waals surface area contributed by atoms with Crippen LogP contribution < -0.4 is 0 Å². The number of rotatable bonds is 4. The first-order chi connectivity index (χ1) is 15.5. The lowest BCUT2D eigenvalue weighted by Gasteiger charge is -2.62. The molecule has 4 heteroatoms.